The van der Waals surface area contributed by atoms with Crippen LogP contribution in [0.25, 0.3) is 0 Å². The lowest BCUT2D eigenvalue weighted by molar-refractivity contribution is 0.192. The van der Waals surface area contributed by atoms with Gasteiger partial charge < -0.3 is 10.1 Å². The van der Waals surface area contributed by atoms with Crippen molar-refractivity contribution in [2.75, 3.05) is 25.1 Å². The van der Waals surface area contributed by atoms with E-state index in [9.17, 15) is 8.42 Å². The van der Waals surface area contributed by atoms with Gasteiger partial charge in [-0.1, -0.05) is 6.92 Å². The Hall–Kier alpha value is -1.11. The summed E-state index contributed by atoms with van der Waals surface area (Å²) in [6, 6.07) is 6.71. The number of rotatable bonds is 6. The largest absolute Gasteiger partial charge is 0.385 e. The Morgan fingerprint density at radius 2 is 2.05 bits per heavy atom. The molecule has 1 atom stereocenters. The van der Waals surface area contributed by atoms with Crippen molar-refractivity contribution >= 4 is 15.7 Å². The predicted octanol–water partition coefficient (Wildman–Crippen LogP) is 1.58. The van der Waals surface area contributed by atoms with Crippen LogP contribution in [0, 0.1) is 0 Å². The Morgan fingerprint density at radius 1 is 1.32 bits per heavy atom. The summed E-state index contributed by atoms with van der Waals surface area (Å²) in [6.07, 6.45) is 1.76. The van der Waals surface area contributed by atoms with E-state index in [0.29, 0.717) is 18.1 Å². The number of nitrogens with one attached hydrogen (secondary N) is 2. The van der Waals surface area contributed by atoms with Gasteiger partial charge in [0.25, 0.3) is 0 Å². The molecule has 1 aromatic carbocycles. The quantitative estimate of drug-likeness (QED) is 0.832. The van der Waals surface area contributed by atoms with Crippen LogP contribution in [-0.4, -0.2) is 34.2 Å². The molecule has 0 spiro atoms. The van der Waals surface area contributed by atoms with E-state index in [0.717, 1.165) is 25.1 Å². The molecular weight excluding hydrogens is 264 g/mol. The van der Waals surface area contributed by atoms with E-state index in [4.69, 9.17) is 4.74 Å². The normalized spacial score (nSPS) is 19.5. The highest BCUT2D eigenvalue weighted by atomic mass is 32.2. The van der Waals surface area contributed by atoms with Gasteiger partial charge in [0, 0.05) is 24.9 Å². The summed E-state index contributed by atoms with van der Waals surface area (Å²) in [5.74, 6) is 0. The van der Waals surface area contributed by atoms with Crippen molar-refractivity contribution in [2.24, 2.45) is 0 Å². The highest BCUT2D eigenvalue weighted by molar-refractivity contribution is 7.89. The molecule has 106 valence electrons. The van der Waals surface area contributed by atoms with Gasteiger partial charge in [0.1, 0.15) is 0 Å². The number of benzene rings is 1. The van der Waals surface area contributed by atoms with Gasteiger partial charge >= 0.3 is 0 Å². The van der Waals surface area contributed by atoms with Crippen LogP contribution in [-0.2, 0) is 14.8 Å². The Labute approximate surface area is 114 Å². The molecule has 1 heterocycles. The molecular formula is C13H20N2O3S. The number of anilines is 1. The first-order valence-corrected chi connectivity index (χ1v) is 8.04. The lowest BCUT2D eigenvalue weighted by Gasteiger charge is -2.12. The zero-order chi connectivity index (χ0) is 13.7. The van der Waals surface area contributed by atoms with Gasteiger partial charge in [0.15, 0.2) is 0 Å². The standard InChI is InChI=1S/C13H20N2O3S/c1-2-8-14-11-3-5-13(6-4-11)19(16,17)15-12-7-9-18-10-12/h3-6,12,14-15H,2,7-10H2,1H3. The lowest BCUT2D eigenvalue weighted by Crippen LogP contribution is -2.34. The van der Waals surface area contributed by atoms with E-state index in [1.165, 1.54) is 0 Å². The maximum absolute atomic E-state index is 12.1. The van der Waals surface area contributed by atoms with Crippen LogP contribution in [0.4, 0.5) is 5.69 Å². The zero-order valence-corrected chi connectivity index (χ0v) is 11.9. The topological polar surface area (TPSA) is 67.4 Å². The van der Waals surface area contributed by atoms with Gasteiger partial charge in [-0.2, -0.15) is 0 Å². The molecule has 0 saturated carbocycles. The molecule has 1 aliphatic rings. The molecule has 0 aromatic heterocycles. The van der Waals surface area contributed by atoms with E-state index in [1.807, 2.05) is 0 Å². The number of sulfonamides is 1. The fourth-order valence-electron chi connectivity index (χ4n) is 1.94. The van der Waals surface area contributed by atoms with Gasteiger partial charge in [-0.05, 0) is 37.1 Å². The molecule has 2 rings (SSSR count). The number of ether oxygens (including phenoxy) is 1. The Kier molecular flexibility index (Phi) is 4.79. The minimum absolute atomic E-state index is 0.108. The van der Waals surface area contributed by atoms with E-state index >= 15 is 0 Å². The van der Waals surface area contributed by atoms with Crippen LogP contribution in [0.15, 0.2) is 29.2 Å². The van der Waals surface area contributed by atoms with Crippen molar-refractivity contribution in [3.05, 3.63) is 24.3 Å². The highest BCUT2D eigenvalue weighted by Gasteiger charge is 2.23. The lowest BCUT2D eigenvalue weighted by atomic mass is 10.3. The van der Waals surface area contributed by atoms with Crippen LogP contribution < -0.4 is 10.0 Å². The van der Waals surface area contributed by atoms with Crippen molar-refractivity contribution in [3.63, 3.8) is 0 Å². The molecule has 1 aliphatic heterocycles. The van der Waals surface area contributed by atoms with Crippen molar-refractivity contribution < 1.29 is 13.2 Å². The first kappa shape index (κ1) is 14.3. The molecule has 19 heavy (non-hydrogen) atoms. The minimum atomic E-state index is -3.44. The monoisotopic (exact) mass is 284 g/mol. The van der Waals surface area contributed by atoms with Crippen LogP contribution in [0.3, 0.4) is 0 Å². The third-order valence-corrected chi connectivity index (χ3v) is 4.53. The van der Waals surface area contributed by atoms with Crippen molar-refractivity contribution in [1.29, 1.82) is 0 Å². The van der Waals surface area contributed by atoms with Gasteiger partial charge in [-0.15, -0.1) is 0 Å². The SMILES string of the molecule is CCCNc1ccc(S(=O)(=O)NC2CCOC2)cc1. The molecule has 0 bridgehead atoms. The molecule has 6 heteroatoms. The third kappa shape index (κ3) is 3.92. The van der Waals surface area contributed by atoms with Crippen LogP contribution >= 0.6 is 0 Å². The van der Waals surface area contributed by atoms with Crippen molar-refractivity contribution in [2.45, 2.75) is 30.7 Å². The molecule has 0 amide bonds. The first-order valence-electron chi connectivity index (χ1n) is 6.56. The second-order valence-corrected chi connectivity index (χ2v) is 6.35. The second kappa shape index (κ2) is 6.36. The van der Waals surface area contributed by atoms with Crippen molar-refractivity contribution in [3.8, 4) is 0 Å². The van der Waals surface area contributed by atoms with E-state index in [1.54, 1.807) is 24.3 Å². The molecule has 0 radical (unpaired) electrons. The van der Waals surface area contributed by atoms with E-state index in [2.05, 4.69) is 17.0 Å². The summed E-state index contributed by atoms with van der Waals surface area (Å²) in [6.45, 7) is 4.03. The maximum atomic E-state index is 12.1. The number of hydrogen-bond donors (Lipinski definition) is 2. The molecule has 1 fully saturated rings. The van der Waals surface area contributed by atoms with Crippen LogP contribution in [0.1, 0.15) is 19.8 Å². The summed E-state index contributed by atoms with van der Waals surface area (Å²) in [5, 5.41) is 3.21. The molecule has 1 aromatic rings. The molecule has 1 saturated heterocycles. The summed E-state index contributed by atoms with van der Waals surface area (Å²) in [4.78, 5) is 0.293. The number of hydrogen-bond acceptors (Lipinski definition) is 4. The predicted molar refractivity (Wildman–Crippen MR) is 74.8 cm³/mol. The van der Waals surface area contributed by atoms with Gasteiger partial charge in [0.05, 0.1) is 11.5 Å². The van der Waals surface area contributed by atoms with E-state index < -0.39 is 10.0 Å². The fourth-order valence-corrected chi connectivity index (χ4v) is 3.19. The van der Waals surface area contributed by atoms with E-state index in [-0.39, 0.29) is 6.04 Å². The molecule has 1 unspecified atom stereocenters. The van der Waals surface area contributed by atoms with Gasteiger partial charge in [-0.3, -0.25) is 0 Å². The summed E-state index contributed by atoms with van der Waals surface area (Å²) in [5.41, 5.74) is 0.935. The average molecular weight is 284 g/mol. The maximum Gasteiger partial charge on any atom is 0.240 e. The fraction of sp³-hybridized carbons (Fsp3) is 0.538. The Bertz CT molecular complexity index is 493. The average Bonchev–Trinajstić information content (AvgIpc) is 2.89. The Morgan fingerprint density at radius 3 is 2.63 bits per heavy atom. The highest BCUT2D eigenvalue weighted by Crippen LogP contribution is 2.15. The zero-order valence-electron chi connectivity index (χ0n) is 11.1. The Balaban J connectivity index is 2.03. The van der Waals surface area contributed by atoms with Gasteiger partial charge in [-0.25, -0.2) is 13.1 Å². The molecule has 0 aliphatic carbocycles. The van der Waals surface area contributed by atoms with Crippen LogP contribution in [0.2, 0.25) is 0 Å². The van der Waals surface area contributed by atoms with Crippen molar-refractivity contribution in [1.82, 2.24) is 4.72 Å². The second-order valence-electron chi connectivity index (χ2n) is 4.63. The first-order chi connectivity index (χ1) is 9.12. The molecule has 2 N–H and O–H groups in total. The smallest absolute Gasteiger partial charge is 0.240 e. The molecule has 5 nitrogen and oxygen atoms in total. The van der Waals surface area contributed by atoms with Crippen LogP contribution in [0.5, 0.6) is 0 Å². The summed E-state index contributed by atoms with van der Waals surface area (Å²) in [7, 11) is -3.44. The summed E-state index contributed by atoms with van der Waals surface area (Å²) < 4.78 is 32.1. The van der Waals surface area contributed by atoms with Gasteiger partial charge in [0.2, 0.25) is 10.0 Å². The minimum Gasteiger partial charge on any atom is -0.385 e. The summed E-state index contributed by atoms with van der Waals surface area (Å²) >= 11 is 0. The third-order valence-electron chi connectivity index (χ3n) is 3.00.